The topological polar surface area (TPSA) is 83.4 Å². The Hall–Kier alpha value is -3.81. The third-order valence-electron chi connectivity index (χ3n) is 6.00. The van der Waals surface area contributed by atoms with E-state index in [0.29, 0.717) is 37.4 Å². The van der Waals surface area contributed by atoms with E-state index in [1.807, 2.05) is 30.3 Å². The van der Waals surface area contributed by atoms with Gasteiger partial charge in [-0.1, -0.05) is 48.0 Å². The number of aliphatic hydroxyl groups excluding tert-OH is 1. The Morgan fingerprint density at radius 3 is 2.46 bits per heavy atom. The number of carbonyl (C=O) groups is 2. The van der Waals surface area contributed by atoms with Crippen LogP contribution in [-0.2, 0) is 4.79 Å². The predicted octanol–water partition coefficient (Wildman–Crippen LogP) is 6.26. The molecule has 2 aromatic carbocycles. The number of benzene rings is 2. The van der Waals surface area contributed by atoms with Crippen LogP contribution in [0.5, 0.6) is 0 Å². The van der Waals surface area contributed by atoms with E-state index in [9.17, 15) is 14.7 Å². The van der Waals surface area contributed by atoms with Crippen LogP contribution in [0.4, 0.5) is 5.69 Å². The smallest absolute Gasteiger partial charge is 0.294 e. The molecule has 6 nitrogen and oxygen atoms in total. The fourth-order valence-corrected chi connectivity index (χ4v) is 5.43. The van der Waals surface area contributed by atoms with Crippen molar-refractivity contribution < 1.29 is 14.7 Å². The van der Waals surface area contributed by atoms with E-state index in [2.05, 4.69) is 9.97 Å². The number of amides is 1. The third-order valence-corrected chi connectivity index (χ3v) is 7.61. The highest BCUT2D eigenvalue weighted by Gasteiger charge is 2.45. The SMILES string of the molecule is Cc1nc(-c2ccccc2)sc1C(=O)C1=C(O)C(=O)N(c2cccc(Cl)c2C)C1c1ccncc1. The summed E-state index contributed by atoms with van der Waals surface area (Å²) in [6.45, 7) is 3.55. The standard InChI is InChI=1S/C27H20ClN3O3S/c1-15-19(28)9-6-10-20(15)31-22(17-11-13-29-14-12-17)21(24(33)27(31)34)23(32)25-16(2)30-26(35-25)18-7-4-3-5-8-18/h3-14,22,33H,1-2H3. The first-order chi connectivity index (χ1) is 16.9. The highest BCUT2D eigenvalue weighted by atomic mass is 35.5. The summed E-state index contributed by atoms with van der Waals surface area (Å²) in [6.07, 6.45) is 3.18. The van der Waals surface area contributed by atoms with Crippen molar-refractivity contribution in [3.63, 3.8) is 0 Å². The molecule has 1 amide bonds. The van der Waals surface area contributed by atoms with Gasteiger partial charge < -0.3 is 5.11 Å². The highest BCUT2D eigenvalue weighted by Crippen LogP contribution is 2.44. The Balaban J connectivity index is 1.65. The van der Waals surface area contributed by atoms with Crippen LogP contribution in [0.3, 0.4) is 0 Å². The average Bonchev–Trinajstić information content (AvgIpc) is 3.39. The number of nitrogens with zero attached hydrogens (tertiary/aromatic N) is 3. The average molecular weight is 502 g/mol. The summed E-state index contributed by atoms with van der Waals surface area (Å²) in [5.41, 5.74) is 3.27. The molecule has 35 heavy (non-hydrogen) atoms. The molecule has 1 unspecified atom stereocenters. The Bertz CT molecular complexity index is 1480. The Kier molecular flexibility index (Phi) is 5.96. The van der Waals surface area contributed by atoms with E-state index in [4.69, 9.17) is 11.6 Å². The molecule has 1 atom stereocenters. The van der Waals surface area contributed by atoms with Gasteiger partial charge in [0.25, 0.3) is 5.91 Å². The number of anilines is 1. The van der Waals surface area contributed by atoms with Crippen molar-refractivity contribution in [1.82, 2.24) is 9.97 Å². The second kappa shape index (κ2) is 9.09. The summed E-state index contributed by atoms with van der Waals surface area (Å²) in [5, 5.41) is 12.2. The van der Waals surface area contributed by atoms with Crippen molar-refractivity contribution in [2.45, 2.75) is 19.9 Å². The van der Waals surface area contributed by atoms with Crippen molar-refractivity contribution in [1.29, 1.82) is 0 Å². The Morgan fingerprint density at radius 1 is 1.03 bits per heavy atom. The fraction of sp³-hybridized carbons (Fsp3) is 0.111. The number of aryl methyl sites for hydroxylation is 1. The van der Waals surface area contributed by atoms with E-state index in [0.717, 1.165) is 5.56 Å². The number of hydrogen-bond donors (Lipinski definition) is 1. The number of halogens is 1. The molecule has 0 bridgehead atoms. The molecule has 174 valence electrons. The lowest BCUT2D eigenvalue weighted by molar-refractivity contribution is -0.117. The number of hydrogen-bond acceptors (Lipinski definition) is 6. The first-order valence-corrected chi connectivity index (χ1v) is 12.1. The molecule has 5 rings (SSSR count). The van der Waals surface area contributed by atoms with Crippen molar-refractivity contribution in [2.24, 2.45) is 0 Å². The maximum absolute atomic E-state index is 13.9. The molecule has 1 aliphatic heterocycles. The number of Topliss-reactive ketones (excluding diaryl/α,β-unsaturated/α-hetero) is 1. The van der Waals surface area contributed by atoms with Crippen LogP contribution in [0.1, 0.15) is 32.5 Å². The number of thiazole rings is 1. The Morgan fingerprint density at radius 2 is 1.74 bits per heavy atom. The molecule has 2 aromatic heterocycles. The summed E-state index contributed by atoms with van der Waals surface area (Å²) < 4.78 is 0. The summed E-state index contributed by atoms with van der Waals surface area (Å²) in [6, 6.07) is 17.4. The minimum absolute atomic E-state index is 0.00642. The molecule has 0 spiro atoms. The molecule has 0 fully saturated rings. The molecular formula is C27H20ClN3O3S. The zero-order valence-electron chi connectivity index (χ0n) is 18.9. The summed E-state index contributed by atoms with van der Waals surface area (Å²) in [5.74, 6) is -1.67. The van der Waals surface area contributed by atoms with Gasteiger partial charge >= 0.3 is 0 Å². The van der Waals surface area contributed by atoms with Gasteiger partial charge in [0.2, 0.25) is 5.78 Å². The maximum Gasteiger partial charge on any atom is 0.294 e. The fourth-order valence-electron chi connectivity index (χ4n) is 4.24. The molecule has 0 radical (unpaired) electrons. The molecule has 1 aliphatic rings. The van der Waals surface area contributed by atoms with Gasteiger partial charge in [-0.2, -0.15) is 0 Å². The quantitative estimate of drug-likeness (QED) is 0.326. The normalized spacial score (nSPS) is 15.7. The predicted molar refractivity (Wildman–Crippen MR) is 137 cm³/mol. The number of carbonyl (C=O) groups excluding carboxylic acids is 2. The number of ketones is 1. The first kappa shape index (κ1) is 23.0. The van der Waals surface area contributed by atoms with Gasteiger partial charge in [0, 0.05) is 28.7 Å². The van der Waals surface area contributed by atoms with Gasteiger partial charge in [-0.05, 0) is 49.2 Å². The molecule has 3 heterocycles. The van der Waals surface area contributed by atoms with Gasteiger partial charge in [0.15, 0.2) is 5.76 Å². The first-order valence-electron chi connectivity index (χ1n) is 10.9. The zero-order valence-corrected chi connectivity index (χ0v) is 20.5. The van der Waals surface area contributed by atoms with E-state index in [1.165, 1.54) is 16.2 Å². The number of aromatic nitrogens is 2. The van der Waals surface area contributed by atoms with Gasteiger partial charge in [-0.3, -0.25) is 19.5 Å². The van der Waals surface area contributed by atoms with Crippen LogP contribution in [0.15, 0.2) is 84.4 Å². The summed E-state index contributed by atoms with van der Waals surface area (Å²) in [7, 11) is 0. The van der Waals surface area contributed by atoms with Crippen molar-refractivity contribution in [2.75, 3.05) is 4.90 Å². The third kappa shape index (κ3) is 3.92. The lowest BCUT2D eigenvalue weighted by Gasteiger charge is -2.28. The van der Waals surface area contributed by atoms with E-state index >= 15 is 0 Å². The lowest BCUT2D eigenvalue weighted by atomic mass is 9.95. The van der Waals surface area contributed by atoms with E-state index < -0.39 is 23.5 Å². The zero-order chi connectivity index (χ0) is 24.7. The van der Waals surface area contributed by atoms with E-state index in [-0.39, 0.29) is 5.57 Å². The van der Waals surface area contributed by atoms with Gasteiger partial charge in [0.05, 0.1) is 22.2 Å². The van der Waals surface area contributed by atoms with Crippen LogP contribution in [0.25, 0.3) is 10.6 Å². The molecule has 1 N–H and O–H groups in total. The van der Waals surface area contributed by atoms with Crippen molar-refractivity contribution >= 4 is 40.3 Å². The van der Waals surface area contributed by atoms with Crippen LogP contribution >= 0.6 is 22.9 Å². The largest absolute Gasteiger partial charge is 0.503 e. The van der Waals surface area contributed by atoms with Gasteiger partial charge in [-0.25, -0.2) is 4.98 Å². The van der Waals surface area contributed by atoms with Crippen LogP contribution in [0.2, 0.25) is 5.02 Å². The van der Waals surface area contributed by atoms with Gasteiger partial charge in [0.1, 0.15) is 5.01 Å². The van der Waals surface area contributed by atoms with Crippen LogP contribution in [-0.4, -0.2) is 26.8 Å². The molecule has 0 saturated carbocycles. The number of rotatable bonds is 5. The summed E-state index contributed by atoms with van der Waals surface area (Å²) >= 11 is 7.59. The summed E-state index contributed by atoms with van der Waals surface area (Å²) in [4.78, 5) is 37.8. The monoisotopic (exact) mass is 501 g/mol. The van der Waals surface area contributed by atoms with E-state index in [1.54, 1.807) is 56.6 Å². The molecule has 8 heteroatoms. The maximum atomic E-state index is 13.9. The Labute approximate surface area is 211 Å². The molecule has 4 aromatic rings. The molecular weight excluding hydrogens is 482 g/mol. The second-order valence-corrected chi connectivity index (χ2v) is 9.54. The molecule has 0 aliphatic carbocycles. The molecule has 0 saturated heterocycles. The van der Waals surface area contributed by atoms with Gasteiger partial charge in [-0.15, -0.1) is 11.3 Å². The van der Waals surface area contributed by atoms with Crippen molar-refractivity contribution in [3.8, 4) is 10.6 Å². The minimum Gasteiger partial charge on any atom is -0.503 e. The lowest BCUT2D eigenvalue weighted by Crippen LogP contribution is -2.31. The van der Waals surface area contributed by atoms with Crippen LogP contribution < -0.4 is 4.90 Å². The highest BCUT2D eigenvalue weighted by molar-refractivity contribution is 7.17. The second-order valence-electron chi connectivity index (χ2n) is 8.13. The minimum atomic E-state index is -0.850. The number of aliphatic hydroxyl groups is 1. The number of pyridine rings is 1. The van der Waals surface area contributed by atoms with Crippen molar-refractivity contribution in [3.05, 3.63) is 111 Å². The van der Waals surface area contributed by atoms with Crippen LogP contribution in [0, 0.1) is 13.8 Å².